The third kappa shape index (κ3) is 3.56. The Labute approximate surface area is 92.5 Å². The first kappa shape index (κ1) is 13.2. The second-order valence-corrected chi connectivity index (χ2v) is 5.69. The fourth-order valence-electron chi connectivity index (χ4n) is 1.66. The highest BCUT2D eigenvalue weighted by Gasteiger charge is 2.48. The van der Waals surface area contributed by atoms with Crippen molar-refractivity contribution in [3.63, 3.8) is 0 Å². The molecular formula is C10H22NO3P. The van der Waals surface area contributed by atoms with Crippen LogP contribution in [-0.4, -0.2) is 30.5 Å². The van der Waals surface area contributed by atoms with Gasteiger partial charge in [-0.05, 0) is 20.3 Å². The molecule has 5 heteroatoms. The highest BCUT2D eigenvalue weighted by molar-refractivity contribution is 7.51. The van der Waals surface area contributed by atoms with Gasteiger partial charge in [0.1, 0.15) is 0 Å². The molecule has 1 aliphatic heterocycles. The Kier molecular flexibility index (Phi) is 5.27. The van der Waals surface area contributed by atoms with E-state index in [0.29, 0.717) is 19.3 Å². The minimum Gasteiger partial charge on any atom is -0.297 e. The van der Waals surface area contributed by atoms with Gasteiger partial charge in [0, 0.05) is 12.6 Å². The number of hydrogen-bond acceptors (Lipinski definition) is 3. The molecule has 0 N–H and O–H groups in total. The maximum atomic E-state index is 12.2. The van der Waals surface area contributed by atoms with Crippen LogP contribution in [0.15, 0.2) is 0 Å². The first-order valence-corrected chi connectivity index (χ1v) is 7.33. The van der Waals surface area contributed by atoms with E-state index in [1.165, 1.54) is 12.8 Å². The molecule has 0 amide bonds. The van der Waals surface area contributed by atoms with Crippen LogP contribution in [0.25, 0.3) is 0 Å². The Balaban J connectivity index is 2.42. The summed E-state index contributed by atoms with van der Waals surface area (Å²) >= 11 is 0. The minimum absolute atomic E-state index is 0.411. The fraction of sp³-hybridized carbons (Fsp3) is 1.00. The van der Waals surface area contributed by atoms with Crippen LogP contribution >= 0.6 is 7.75 Å². The molecule has 15 heavy (non-hydrogen) atoms. The van der Waals surface area contributed by atoms with Crippen molar-refractivity contribution in [2.24, 2.45) is 0 Å². The second-order valence-electron chi connectivity index (χ2n) is 3.72. The summed E-state index contributed by atoms with van der Waals surface area (Å²) < 4.78 is 24.6. The van der Waals surface area contributed by atoms with Crippen LogP contribution in [0.4, 0.5) is 0 Å². The van der Waals surface area contributed by atoms with Crippen molar-refractivity contribution in [1.29, 1.82) is 0 Å². The van der Waals surface area contributed by atoms with Gasteiger partial charge >= 0.3 is 7.75 Å². The lowest BCUT2D eigenvalue weighted by atomic mass is 10.2. The average molecular weight is 235 g/mol. The van der Waals surface area contributed by atoms with Crippen molar-refractivity contribution in [3.05, 3.63) is 0 Å². The van der Waals surface area contributed by atoms with E-state index in [4.69, 9.17) is 9.05 Å². The zero-order valence-electron chi connectivity index (χ0n) is 9.94. The van der Waals surface area contributed by atoms with Gasteiger partial charge in [-0.2, -0.15) is 0 Å². The van der Waals surface area contributed by atoms with Crippen molar-refractivity contribution < 1.29 is 13.6 Å². The van der Waals surface area contributed by atoms with Crippen LogP contribution in [0.5, 0.6) is 0 Å². The van der Waals surface area contributed by atoms with Gasteiger partial charge in [-0.25, -0.2) is 9.24 Å². The van der Waals surface area contributed by atoms with Crippen molar-refractivity contribution in [2.75, 3.05) is 19.8 Å². The Bertz CT molecular complexity index is 225. The average Bonchev–Trinajstić information content (AvgIpc) is 2.95. The monoisotopic (exact) mass is 235 g/mol. The predicted molar refractivity (Wildman–Crippen MR) is 60.9 cm³/mol. The molecule has 0 spiro atoms. The van der Waals surface area contributed by atoms with E-state index in [1.54, 1.807) is 0 Å². The van der Waals surface area contributed by atoms with Crippen LogP contribution in [0.3, 0.4) is 0 Å². The molecule has 0 aromatic carbocycles. The van der Waals surface area contributed by atoms with Gasteiger partial charge in [-0.1, -0.05) is 19.8 Å². The van der Waals surface area contributed by atoms with E-state index < -0.39 is 7.75 Å². The summed E-state index contributed by atoms with van der Waals surface area (Å²) in [5.41, 5.74) is 0. The van der Waals surface area contributed by atoms with Crippen LogP contribution < -0.4 is 0 Å². The lowest BCUT2D eigenvalue weighted by Gasteiger charge is -2.18. The molecule has 0 saturated carbocycles. The van der Waals surface area contributed by atoms with Gasteiger partial charge in [0.2, 0.25) is 0 Å². The summed E-state index contributed by atoms with van der Waals surface area (Å²) in [5, 5.41) is 0. The molecule has 1 saturated heterocycles. The molecule has 0 bridgehead atoms. The molecule has 4 nitrogen and oxygen atoms in total. The molecule has 1 rings (SSSR count). The predicted octanol–water partition coefficient (Wildman–Crippen LogP) is 3.04. The number of rotatable bonds is 8. The molecule has 90 valence electrons. The maximum absolute atomic E-state index is 12.2. The van der Waals surface area contributed by atoms with Gasteiger partial charge < -0.3 is 0 Å². The molecule has 1 heterocycles. The van der Waals surface area contributed by atoms with E-state index in [0.717, 1.165) is 13.0 Å². The lowest BCUT2D eigenvalue weighted by Crippen LogP contribution is -2.06. The zero-order valence-corrected chi connectivity index (χ0v) is 10.8. The molecular weight excluding hydrogens is 213 g/mol. The molecule has 1 fully saturated rings. The molecule has 0 aliphatic carbocycles. The maximum Gasteiger partial charge on any atom is 0.408 e. The SMILES string of the molecule is CCCC[C@H]1CN1P(=O)(OCC)OCC. The molecule has 1 aliphatic rings. The third-order valence-electron chi connectivity index (χ3n) is 2.48. The summed E-state index contributed by atoms with van der Waals surface area (Å²) in [5.74, 6) is 0. The summed E-state index contributed by atoms with van der Waals surface area (Å²) in [6, 6.07) is 0.411. The van der Waals surface area contributed by atoms with E-state index in [9.17, 15) is 4.57 Å². The van der Waals surface area contributed by atoms with Crippen LogP contribution in [0.1, 0.15) is 40.0 Å². The van der Waals surface area contributed by atoms with Crippen molar-refractivity contribution in [2.45, 2.75) is 46.1 Å². The summed E-state index contributed by atoms with van der Waals surface area (Å²) in [7, 11) is -2.94. The molecule has 2 atom stereocenters. The normalized spacial score (nSPS) is 25.5. The zero-order chi connectivity index (χ0) is 11.3. The smallest absolute Gasteiger partial charge is 0.297 e. The van der Waals surface area contributed by atoms with Crippen molar-refractivity contribution in [3.8, 4) is 0 Å². The highest BCUT2D eigenvalue weighted by atomic mass is 31.2. The van der Waals surface area contributed by atoms with Gasteiger partial charge in [0.15, 0.2) is 0 Å². The van der Waals surface area contributed by atoms with E-state index in [-0.39, 0.29) is 0 Å². The van der Waals surface area contributed by atoms with Gasteiger partial charge in [-0.3, -0.25) is 9.05 Å². The third-order valence-corrected chi connectivity index (χ3v) is 4.76. The molecule has 0 radical (unpaired) electrons. The standard InChI is InChI=1S/C10H22NO3P/c1-4-7-8-10-9-11(10)15(12,13-5-2)14-6-3/h10H,4-9H2,1-3H3/t10-,11?/m0/s1. The second kappa shape index (κ2) is 6.00. The van der Waals surface area contributed by atoms with E-state index >= 15 is 0 Å². The Morgan fingerprint density at radius 2 is 1.87 bits per heavy atom. The van der Waals surface area contributed by atoms with Crippen LogP contribution in [-0.2, 0) is 13.6 Å². The highest BCUT2D eigenvalue weighted by Crippen LogP contribution is 2.59. The number of nitrogens with zero attached hydrogens (tertiary/aromatic N) is 1. The van der Waals surface area contributed by atoms with Crippen LogP contribution in [0.2, 0.25) is 0 Å². The minimum atomic E-state index is -2.94. The lowest BCUT2D eigenvalue weighted by molar-refractivity contribution is 0.194. The summed E-state index contributed by atoms with van der Waals surface area (Å²) in [6.45, 7) is 7.59. The van der Waals surface area contributed by atoms with Gasteiger partial charge in [-0.15, -0.1) is 0 Å². The van der Waals surface area contributed by atoms with Gasteiger partial charge in [0.25, 0.3) is 0 Å². The largest absolute Gasteiger partial charge is 0.408 e. The van der Waals surface area contributed by atoms with Crippen molar-refractivity contribution in [1.82, 2.24) is 4.67 Å². The number of hydrogen-bond donors (Lipinski definition) is 0. The Hall–Kier alpha value is 0.110. The van der Waals surface area contributed by atoms with Gasteiger partial charge in [0.05, 0.1) is 13.2 Å². The topological polar surface area (TPSA) is 38.5 Å². The summed E-state index contributed by atoms with van der Waals surface area (Å²) in [4.78, 5) is 0. The molecule has 0 aromatic heterocycles. The first-order chi connectivity index (χ1) is 7.18. The molecule has 1 unspecified atom stereocenters. The fourth-order valence-corrected chi connectivity index (χ4v) is 3.59. The van der Waals surface area contributed by atoms with E-state index in [1.807, 2.05) is 18.5 Å². The quantitative estimate of drug-likeness (QED) is 0.479. The summed E-state index contributed by atoms with van der Waals surface area (Å²) in [6.07, 6.45) is 3.46. The Morgan fingerprint density at radius 1 is 1.27 bits per heavy atom. The first-order valence-electron chi connectivity index (χ1n) is 5.84. The number of unbranched alkanes of at least 4 members (excludes halogenated alkanes) is 1. The van der Waals surface area contributed by atoms with Crippen LogP contribution in [0, 0.1) is 0 Å². The Morgan fingerprint density at radius 3 is 2.33 bits per heavy atom. The molecule has 0 aromatic rings. The van der Waals surface area contributed by atoms with Crippen molar-refractivity contribution >= 4 is 7.75 Å². The van der Waals surface area contributed by atoms with E-state index in [2.05, 4.69) is 6.92 Å².